The number of benzene rings is 3. The van der Waals surface area contributed by atoms with Gasteiger partial charge in [-0.15, -0.1) is 0 Å². The highest BCUT2D eigenvalue weighted by atomic mass is 16.5. The zero-order valence-corrected chi connectivity index (χ0v) is 18.1. The third-order valence-corrected chi connectivity index (χ3v) is 6.56. The lowest BCUT2D eigenvalue weighted by Gasteiger charge is -2.42. The zero-order valence-electron chi connectivity index (χ0n) is 18.1. The van der Waals surface area contributed by atoms with Crippen LogP contribution in [0.1, 0.15) is 28.3 Å². The van der Waals surface area contributed by atoms with Crippen LogP contribution in [0.2, 0.25) is 0 Å². The second-order valence-electron chi connectivity index (χ2n) is 8.14. The number of ether oxygens (including phenoxy) is 3. The van der Waals surface area contributed by atoms with Gasteiger partial charge in [-0.2, -0.15) is 0 Å². The summed E-state index contributed by atoms with van der Waals surface area (Å²) in [5.41, 5.74) is 6.88. The van der Waals surface area contributed by atoms with E-state index in [1.807, 2.05) is 6.07 Å². The predicted molar refractivity (Wildman–Crippen MR) is 120 cm³/mol. The van der Waals surface area contributed by atoms with Crippen molar-refractivity contribution in [1.29, 1.82) is 0 Å². The molecule has 0 radical (unpaired) electrons. The van der Waals surface area contributed by atoms with Crippen molar-refractivity contribution in [2.75, 3.05) is 27.9 Å². The third kappa shape index (κ3) is 3.12. The van der Waals surface area contributed by atoms with Gasteiger partial charge in [-0.1, -0.05) is 36.4 Å². The van der Waals surface area contributed by atoms with Crippen LogP contribution in [-0.4, -0.2) is 37.9 Å². The summed E-state index contributed by atoms with van der Waals surface area (Å²) in [4.78, 5) is 2.55. The van der Waals surface area contributed by atoms with Crippen LogP contribution in [0.15, 0.2) is 48.5 Å². The van der Waals surface area contributed by atoms with Crippen LogP contribution in [0.25, 0.3) is 11.1 Å². The maximum atomic E-state index is 10.5. The van der Waals surface area contributed by atoms with Crippen LogP contribution >= 0.6 is 0 Å². The molecule has 160 valence electrons. The number of nitrogens with zero attached hydrogens (tertiary/aromatic N) is 1. The first-order chi connectivity index (χ1) is 15.2. The van der Waals surface area contributed by atoms with Crippen molar-refractivity contribution in [2.45, 2.75) is 25.4 Å². The Kier molecular flexibility index (Phi) is 4.98. The lowest BCUT2D eigenvalue weighted by Crippen LogP contribution is -2.38. The quantitative estimate of drug-likeness (QED) is 0.650. The molecule has 0 saturated carbocycles. The van der Waals surface area contributed by atoms with Gasteiger partial charge in [0.25, 0.3) is 0 Å². The minimum atomic E-state index is 0.135. The molecule has 5 nitrogen and oxygen atoms in total. The summed E-state index contributed by atoms with van der Waals surface area (Å²) >= 11 is 0. The van der Waals surface area contributed by atoms with Crippen molar-refractivity contribution < 1.29 is 19.3 Å². The second kappa shape index (κ2) is 7.82. The van der Waals surface area contributed by atoms with Gasteiger partial charge in [0.2, 0.25) is 0 Å². The number of hydrogen-bond donors (Lipinski definition) is 1. The highest BCUT2D eigenvalue weighted by Crippen LogP contribution is 2.56. The van der Waals surface area contributed by atoms with Crippen LogP contribution in [0.5, 0.6) is 23.0 Å². The van der Waals surface area contributed by atoms with Crippen molar-refractivity contribution in [1.82, 2.24) is 4.90 Å². The van der Waals surface area contributed by atoms with Crippen LogP contribution in [0.4, 0.5) is 0 Å². The minimum Gasteiger partial charge on any atom is -0.504 e. The van der Waals surface area contributed by atoms with Crippen LogP contribution in [0, 0.1) is 0 Å². The monoisotopic (exact) mass is 417 g/mol. The molecule has 0 unspecified atom stereocenters. The van der Waals surface area contributed by atoms with Crippen LogP contribution < -0.4 is 14.2 Å². The number of methoxy groups -OCH3 is 3. The first-order valence-corrected chi connectivity index (χ1v) is 10.6. The second-order valence-corrected chi connectivity index (χ2v) is 8.14. The molecule has 0 bridgehead atoms. The van der Waals surface area contributed by atoms with Crippen molar-refractivity contribution in [2.24, 2.45) is 0 Å². The Labute approximate surface area is 182 Å². The van der Waals surface area contributed by atoms with Crippen LogP contribution in [-0.2, 0) is 19.4 Å². The largest absolute Gasteiger partial charge is 0.504 e. The number of hydrogen-bond acceptors (Lipinski definition) is 5. The van der Waals surface area contributed by atoms with E-state index in [4.69, 9.17) is 14.2 Å². The Balaban J connectivity index is 1.73. The van der Waals surface area contributed by atoms with Gasteiger partial charge in [0.15, 0.2) is 23.0 Å². The van der Waals surface area contributed by atoms with E-state index in [0.29, 0.717) is 17.2 Å². The summed E-state index contributed by atoms with van der Waals surface area (Å²) in [6.45, 7) is 1.87. The number of rotatable bonds is 5. The fourth-order valence-corrected chi connectivity index (χ4v) is 5.21. The highest BCUT2D eigenvalue weighted by molar-refractivity contribution is 5.88. The number of phenolic OH excluding ortho intramolecular Hbond substituents is 1. The van der Waals surface area contributed by atoms with Crippen LogP contribution in [0.3, 0.4) is 0 Å². The molecular formula is C26H27NO4. The number of fused-ring (bicyclic) bond motifs is 2. The first-order valence-electron chi connectivity index (χ1n) is 10.6. The molecule has 3 aromatic rings. The van der Waals surface area contributed by atoms with Crippen molar-refractivity contribution in [3.05, 3.63) is 70.8 Å². The van der Waals surface area contributed by atoms with Gasteiger partial charge in [-0.3, -0.25) is 4.90 Å². The molecule has 1 atom stereocenters. The fraction of sp³-hybridized carbons (Fsp3) is 0.308. The molecule has 1 aliphatic carbocycles. The summed E-state index contributed by atoms with van der Waals surface area (Å²) < 4.78 is 17.2. The molecule has 2 aliphatic rings. The Morgan fingerprint density at radius 2 is 1.68 bits per heavy atom. The maximum absolute atomic E-state index is 10.5. The Hall–Kier alpha value is -3.18. The lowest BCUT2D eigenvalue weighted by molar-refractivity contribution is 0.173. The van der Waals surface area contributed by atoms with Gasteiger partial charge in [-0.25, -0.2) is 0 Å². The van der Waals surface area contributed by atoms with Crippen molar-refractivity contribution >= 4 is 0 Å². The highest BCUT2D eigenvalue weighted by Gasteiger charge is 2.39. The number of phenols is 1. The van der Waals surface area contributed by atoms with Gasteiger partial charge >= 0.3 is 0 Å². The Bertz CT molecular complexity index is 1130. The zero-order chi connectivity index (χ0) is 21.5. The first kappa shape index (κ1) is 19.8. The summed E-state index contributed by atoms with van der Waals surface area (Å²) in [6, 6.07) is 16.7. The Morgan fingerprint density at radius 3 is 2.39 bits per heavy atom. The minimum absolute atomic E-state index is 0.135. The summed E-state index contributed by atoms with van der Waals surface area (Å²) in [5.74, 6) is 2.03. The van der Waals surface area contributed by atoms with E-state index in [9.17, 15) is 5.11 Å². The molecule has 31 heavy (non-hydrogen) atoms. The number of aromatic hydroxyl groups is 1. The van der Waals surface area contributed by atoms with E-state index in [-0.39, 0.29) is 11.8 Å². The summed E-state index contributed by atoms with van der Waals surface area (Å²) in [7, 11) is 4.94. The molecule has 0 saturated heterocycles. The molecule has 0 aromatic heterocycles. The third-order valence-electron chi connectivity index (χ3n) is 6.56. The molecule has 1 heterocycles. The topological polar surface area (TPSA) is 51.2 Å². The van der Waals surface area contributed by atoms with E-state index < -0.39 is 0 Å². The normalized spacial score (nSPS) is 16.9. The lowest BCUT2D eigenvalue weighted by atomic mass is 9.76. The maximum Gasteiger partial charge on any atom is 0.169 e. The van der Waals surface area contributed by atoms with Crippen molar-refractivity contribution in [3.63, 3.8) is 0 Å². The van der Waals surface area contributed by atoms with E-state index in [1.165, 1.54) is 16.7 Å². The van der Waals surface area contributed by atoms with Gasteiger partial charge in [0.1, 0.15) is 0 Å². The summed E-state index contributed by atoms with van der Waals surface area (Å²) in [6.07, 6.45) is 1.79. The standard InChI is InChI=1S/C26H27NO4/c1-29-21-14-18-11-12-27(15-16-7-5-4-6-8-16)19-13-17-9-10-20(28)25(30-2)23(17)24(22(18)19)26(21)31-3/h4-10,14,19,28H,11-13,15H2,1-3H3/t19-/m0/s1. The average molecular weight is 418 g/mol. The smallest absolute Gasteiger partial charge is 0.169 e. The molecule has 5 rings (SSSR count). The molecule has 1 N–H and O–H groups in total. The molecule has 0 spiro atoms. The molecular weight excluding hydrogens is 390 g/mol. The Morgan fingerprint density at radius 1 is 0.903 bits per heavy atom. The van der Waals surface area contributed by atoms with Crippen molar-refractivity contribution in [3.8, 4) is 34.1 Å². The van der Waals surface area contributed by atoms with Gasteiger partial charge < -0.3 is 19.3 Å². The predicted octanol–water partition coefficient (Wildman–Crippen LogP) is 4.74. The SMILES string of the molecule is COc1cc2c3c(c1OC)-c1c(ccc(O)c1OC)C[C@@H]3N(Cc1ccccc1)CC2. The van der Waals surface area contributed by atoms with Gasteiger partial charge in [0, 0.05) is 30.3 Å². The van der Waals surface area contributed by atoms with Gasteiger partial charge in [-0.05, 0) is 47.2 Å². The molecule has 3 aromatic carbocycles. The molecule has 5 heteroatoms. The van der Waals surface area contributed by atoms with E-state index in [0.717, 1.165) is 42.6 Å². The fourth-order valence-electron chi connectivity index (χ4n) is 5.21. The van der Waals surface area contributed by atoms with E-state index >= 15 is 0 Å². The molecule has 1 aliphatic heterocycles. The van der Waals surface area contributed by atoms with E-state index in [2.05, 4.69) is 41.3 Å². The molecule has 0 fully saturated rings. The van der Waals surface area contributed by atoms with Gasteiger partial charge in [0.05, 0.1) is 21.3 Å². The summed E-state index contributed by atoms with van der Waals surface area (Å²) in [5, 5.41) is 10.5. The molecule has 0 amide bonds. The average Bonchev–Trinajstić information content (AvgIpc) is 2.81. The van der Waals surface area contributed by atoms with E-state index in [1.54, 1.807) is 27.4 Å².